The van der Waals surface area contributed by atoms with Gasteiger partial charge in [-0.3, -0.25) is 0 Å². The van der Waals surface area contributed by atoms with Crippen LogP contribution in [-0.4, -0.2) is 19.3 Å². The fourth-order valence-corrected chi connectivity index (χ4v) is 2.54. The molecule has 0 heterocycles. The maximum Gasteiger partial charge on any atom is 0.123 e. The zero-order valence-electron chi connectivity index (χ0n) is 10.5. The quantitative estimate of drug-likeness (QED) is 0.869. The van der Waals surface area contributed by atoms with Crippen LogP contribution in [0.1, 0.15) is 30.4 Å². The van der Waals surface area contributed by atoms with Gasteiger partial charge in [0, 0.05) is 19.7 Å². The summed E-state index contributed by atoms with van der Waals surface area (Å²) in [5.74, 6) is -0.165. The Kier molecular flexibility index (Phi) is 4.13. The van der Waals surface area contributed by atoms with Crippen molar-refractivity contribution in [3.63, 3.8) is 0 Å². The fourth-order valence-electron chi connectivity index (χ4n) is 2.54. The highest BCUT2D eigenvalue weighted by atomic mass is 19.1. The van der Waals surface area contributed by atoms with Gasteiger partial charge in [-0.05, 0) is 49.4 Å². The van der Waals surface area contributed by atoms with Gasteiger partial charge in [-0.2, -0.15) is 0 Å². The second-order valence-electron chi connectivity index (χ2n) is 4.76. The molecule has 1 saturated carbocycles. The molecule has 0 radical (unpaired) electrons. The molecule has 1 aliphatic rings. The molecule has 94 valence electrons. The number of nitrogens with one attached hydrogen (secondary N) is 1. The predicted octanol–water partition coefficient (Wildman–Crippen LogP) is 2.79. The highest BCUT2D eigenvalue weighted by Gasteiger charge is 2.26. The number of rotatable bonds is 4. The number of benzene rings is 1. The molecular formula is C14H20FNO. The molecule has 2 rings (SSSR count). The zero-order chi connectivity index (χ0) is 12.3. The second-order valence-corrected chi connectivity index (χ2v) is 4.76. The summed E-state index contributed by atoms with van der Waals surface area (Å²) < 4.78 is 18.4. The molecule has 1 N–H and O–H groups in total. The Morgan fingerprint density at radius 2 is 2.24 bits per heavy atom. The predicted molar refractivity (Wildman–Crippen MR) is 66.4 cm³/mol. The average Bonchev–Trinajstić information content (AvgIpc) is 2.75. The van der Waals surface area contributed by atoms with E-state index < -0.39 is 0 Å². The molecule has 0 aromatic heterocycles. The Labute approximate surface area is 102 Å². The van der Waals surface area contributed by atoms with E-state index in [1.807, 2.05) is 13.0 Å². The minimum atomic E-state index is -0.165. The molecule has 0 amide bonds. The van der Waals surface area contributed by atoms with Crippen molar-refractivity contribution >= 4 is 0 Å². The lowest BCUT2D eigenvalue weighted by molar-refractivity contribution is 0.0847. The largest absolute Gasteiger partial charge is 0.380 e. The molecule has 17 heavy (non-hydrogen) atoms. The Morgan fingerprint density at radius 3 is 2.94 bits per heavy atom. The Bertz CT molecular complexity index is 380. The number of hydrogen-bond donors (Lipinski definition) is 1. The van der Waals surface area contributed by atoms with Gasteiger partial charge >= 0.3 is 0 Å². The van der Waals surface area contributed by atoms with E-state index in [9.17, 15) is 4.39 Å². The summed E-state index contributed by atoms with van der Waals surface area (Å²) in [4.78, 5) is 0. The summed E-state index contributed by atoms with van der Waals surface area (Å²) in [5.41, 5.74) is 2.16. The van der Waals surface area contributed by atoms with Gasteiger partial charge in [0.05, 0.1) is 6.10 Å². The van der Waals surface area contributed by atoms with E-state index in [2.05, 4.69) is 5.32 Å². The standard InChI is InChI=1S/C14H20FNO/c1-10-8-12(15)7-6-11(10)9-16-13-4-3-5-14(13)17-2/h6-8,13-14,16H,3-5,9H2,1-2H3. The van der Waals surface area contributed by atoms with Crippen molar-refractivity contribution < 1.29 is 9.13 Å². The molecular weight excluding hydrogens is 217 g/mol. The van der Waals surface area contributed by atoms with Gasteiger partial charge in [0.2, 0.25) is 0 Å². The SMILES string of the molecule is COC1CCCC1NCc1ccc(F)cc1C. The first kappa shape index (κ1) is 12.5. The Morgan fingerprint density at radius 1 is 1.41 bits per heavy atom. The molecule has 1 aromatic carbocycles. The van der Waals surface area contributed by atoms with Crippen molar-refractivity contribution in [2.24, 2.45) is 0 Å². The normalized spacial score (nSPS) is 24.2. The molecule has 0 aliphatic heterocycles. The molecule has 0 bridgehead atoms. The van der Waals surface area contributed by atoms with Crippen LogP contribution in [-0.2, 0) is 11.3 Å². The van der Waals surface area contributed by atoms with Crippen molar-refractivity contribution in [3.05, 3.63) is 35.1 Å². The number of halogens is 1. The van der Waals surface area contributed by atoms with Gasteiger partial charge in [-0.1, -0.05) is 6.07 Å². The van der Waals surface area contributed by atoms with Crippen molar-refractivity contribution in [2.75, 3.05) is 7.11 Å². The summed E-state index contributed by atoms with van der Waals surface area (Å²) >= 11 is 0. The highest BCUT2D eigenvalue weighted by molar-refractivity contribution is 5.26. The number of hydrogen-bond acceptors (Lipinski definition) is 2. The van der Waals surface area contributed by atoms with Crippen LogP contribution in [0.15, 0.2) is 18.2 Å². The Hall–Kier alpha value is -0.930. The third-order valence-corrected chi connectivity index (χ3v) is 3.61. The first-order chi connectivity index (χ1) is 8.20. The molecule has 3 heteroatoms. The topological polar surface area (TPSA) is 21.3 Å². The molecule has 0 spiro atoms. The van der Waals surface area contributed by atoms with Crippen LogP contribution >= 0.6 is 0 Å². The third kappa shape index (κ3) is 3.05. The summed E-state index contributed by atoms with van der Waals surface area (Å²) in [6, 6.07) is 5.39. The molecule has 1 aromatic rings. The molecule has 1 fully saturated rings. The maximum absolute atomic E-state index is 13.0. The van der Waals surface area contributed by atoms with Gasteiger partial charge in [0.1, 0.15) is 5.82 Å². The number of ether oxygens (including phenoxy) is 1. The lowest BCUT2D eigenvalue weighted by Gasteiger charge is -2.20. The summed E-state index contributed by atoms with van der Waals surface area (Å²) in [6.07, 6.45) is 3.85. The summed E-state index contributed by atoms with van der Waals surface area (Å²) in [5, 5.41) is 3.51. The van der Waals surface area contributed by atoms with E-state index in [0.29, 0.717) is 12.1 Å². The van der Waals surface area contributed by atoms with Gasteiger partial charge in [-0.15, -0.1) is 0 Å². The van der Waals surface area contributed by atoms with E-state index in [4.69, 9.17) is 4.74 Å². The average molecular weight is 237 g/mol. The molecule has 2 atom stereocenters. The minimum Gasteiger partial charge on any atom is -0.380 e. The third-order valence-electron chi connectivity index (χ3n) is 3.61. The van der Waals surface area contributed by atoms with E-state index in [1.165, 1.54) is 18.9 Å². The van der Waals surface area contributed by atoms with Gasteiger partial charge in [0.15, 0.2) is 0 Å². The van der Waals surface area contributed by atoms with Gasteiger partial charge in [-0.25, -0.2) is 4.39 Å². The second kappa shape index (κ2) is 5.61. The lowest BCUT2D eigenvalue weighted by Crippen LogP contribution is -2.36. The lowest BCUT2D eigenvalue weighted by atomic mass is 10.1. The first-order valence-electron chi connectivity index (χ1n) is 6.22. The summed E-state index contributed by atoms with van der Waals surface area (Å²) in [6.45, 7) is 2.74. The molecule has 2 nitrogen and oxygen atoms in total. The minimum absolute atomic E-state index is 0.165. The monoisotopic (exact) mass is 237 g/mol. The van der Waals surface area contributed by atoms with E-state index in [-0.39, 0.29) is 5.82 Å². The van der Waals surface area contributed by atoms with Crippen LogP contribution in [0.5, 0.6) is 0 Å². The van der Waals surface area contributed by atoms with Crippen LogP contribution < -0.4 is 5.32 Å². The van der Waals surface area contributed by atoms with Crippen LogP contribution in [0.3, 0.4) is 0 Å². The summed E-state index contributed by atoms with van der Waals surface area (Å²) in [7, 11) is 1.77. The highest BCUT2D eigenvalue weighted by Crippen LogP contribution is 2.22. The van der Waals surface area contributed by atoms with Crippen LogP contribution in [0.2, 0.25) is 0 Å². The smallest absolute Gasteiger partial charge is 0.123 e. The van der Waals surface area contributed by atoms with Crippen LogP contribution in [0.25, 0.3) is 0 Å². The number of aryl methyl sites for hydroxylation is 1. The first-order valence-corrected chi connectivity index (χ1v) is 6.22. The molecule has 2 unspecified atom stereocenters. The maximum atomic E-state index is 13.0. The van der Waals surface area contributed by atoms with Crippen molar-refractivity contribution in [3.8, 4) is 0 Å². The van der Waals surface area contributed by atoms with Crippen molar-refractivity contribution in [1.29, 1.82) is 0 Å². The zero-order valence-corrected chi connectivity index (χ0v) is 10.5. The van der Waals surface area contributed by atoms with E-state index in [1.54, 1.807) is 13.2 Å². The van der Waals surface area contributed by atoms with Gasteiger partial charge in [0.25, 0.3) is 0 Å². The fraction of sp³-hybridized carbons (Fsp3) is 0.571. The van der Waals surface area contributed by atoms with Crippen LogP contribution in [0.4, 0.5) is 4.39 Å². The van der Waals surface area contributed by atoms with E-state index >= 15 is 0 Å². The van der Waals surface area contributed by atoms with Crippen molar-refractivity contribution in [1.82, 2.24) is 5.32 Å². The van der Waals surface area contributed by atoms with Crippen LogP contribution in [0, 0.1) is 12.7 Å². The van der Waals surface area contributed by atoms with Gasteiger partial charge < -0.3 is 10.1 Å². The van der Waals surface area contributed by atoms with Crippen molar-refractivity contribution in [2.45, 2.75) is 44.9 Å². The molecule has 1 aliphatic carbocycles. The van der Waals surface area contributed by atoms with E-state index in [0.717, 1.165) is 24.1 Å². The Balaban J connectivity index is 1.93. The number of methoxy groups -OCH3 is 1. The molecule has 0 saturated heterocycles.